The predicted molar refractivity (Wildman–Crippen MR) is 145 cm³/mol. The number of nitrogens with two attached hydrogens (primary N) is 2. The Morgan fingerprint density at radius 3 is 2.71 bits per heavy atom. The molecule has 0 bridgehead atoms. The second-order valence-corrected chi connectivity index (χ2v) is 10.6. The molecule has 1 saturated heterocycles. The summed E-state index contributed by atoms with van der Waals surface area (Å²) in [6.07, 6.45) is 9.06. The lowest BCUT2D eigenvalue weighted by molar-refractivity contribution is 0.186. The van der Waals surface area contributed by atoms with Crippen molar-refractivity contribution in [3.8, 4) is 0 Å². The van der Waals surface area contributed by atoms with Crippen molar-refractivity contribution in [3.05, 3.63) is 75.9 Å². The number of anilines is 1. The van der Waals surface area contributed by atoms with E-state index in [0.29, 0.717) is 5.82 Å². The minimum atomic E-state index is 0.107. The third-order valence-electron chi connectivity index (χ3n) is 7.69. The Bertz CT molecular complexity index is 1340. The van der Waals surface area contributed by atoms with Crippen LogP contribution in [0.3, 0.4) is 0 Å². The van der Waals surface area contributed by atoms with Crippen LogP contribution in [0.5, 0.6) is 0 Å². The highest BCUT2D eigenvalue weighted by molar-refractivity contribution is 8.03. The van der Waals surface area contributed by atoms with Crippen LogP contribution in [0, 0.1) is 12.3 Å². The van der Waals surface area contributed by atoms with Crippen molar-refractivity contribution >= 4 is 30.1 Å². The molecule has 7 nitrogen and oxygen atoms in total. The van der Waals surface area contributed by atoms with Gasteiger partial charge in [-0.2, -0.15) is 0 Å². The smallest absolute Gasteiger partial charge is 0.211 e. The van der Waals surface area contributed by atoms with Gasteiger partial charge >= 0.3 is 0 Å². The number of rotatable bonds is 5. The Hall–Kier alpha value is -3.10. The van der Waals surface area contributed by atoms with Gasteiger partial charge < -0.3 is 16.4 Å². The standard InChI is InChI=1S/C27H33N7S/c1-5-21(17(2)24(29)30-4)35-22-18(3)32-26(34-15-12-31-25(22)34)33-13-10-27(11-14-33)16-19-8-6-7-9-20(19)23(27)28/h5-9,12,15,23H,4,10-11,13-14,16,28-29H2,1-3H3/b21-5+,24-17-/t23-/m1/s1. The second-order valence-electron chi connectivity index (χ2n) is 9.57. The number of aromatic nitrogens is 3. The molecular weight excluding hydrogens is 454 g/mol. The summed E-state index contributed by atoms with van der Waals surface area (Å²) in [4.78, 5) is 18.1. The highest BCUT2D eigenvalue weighted by Gasteiger charge is 2.46. The zero-order chi connectivity index (χ0) is 24.7. The molecule has 1 aliphatic heterocycles. The Balaban J connectivity index is 1.42. The second kappa shape index (κ2) is 9.17. The number of thioether (sulfide) groups is 1. The number of aliphatic imine (C=N–C) groups is 1. The Labute approximate surface area is 211 Å². The summed E-state index contributed by atoms with van der Waals surface area (Å²) in [5.74, 6) is 1.38. The molecule has 182 valence electrons. The van der Waals surface area contributed by atoms with Gasteiger partial charge in [-0.1, -0.05) is 42.1 Å². The maximum absolute atomic E-state index is 6.79. The average molecular weight is 488 g/mol. The van der Waals surface area contributed by atoms with Crippen LogP contribution < -0.4 is 16.4 Å². The van der Waals surface area contributed by atoms with Gasteiger partial charge in [-0.3, -0.25) is 4.40 Å². The maximum Gasteiger partial charge on any atom is 0.211 e. The molecule has 3 heterocycles. The van der Waals surface area contributed by atoms with E-state index < -0.39 is 0 Å². The van der Waals surface area contributed by atoms with Crippen molar-refractivity contribution in [2.45, 2.75) is 51.0 Å². The number of hydrogen-bond donors (Lipinski definition) is 2. The fourth-order valence-corrected chi connectivity index (χ4v) is 6.59. The van der Waals surface area contributed by atoms with Crippen LogP contribution in [0.4, 0.5) is 5.95 Å². The van der Waals surface area contributed by atoms with Crippen molar-refractivity contribution in [2.24, 2.45) is 21.9 Å². The molecule has 1 aliphatic carbocycles. The molecule has 0 amide bonds. The van der Waals surface area contributed by atoms with Crippen LogP contribution in [0.25, 0.3) is 5.65 Å². The topological polar surface area (TPSA) is 97.8 Å². The van der Waals surface area contributed by atoms with Crippen molar-refractivity contribution < 1.29 is 0 Å². The van der Waals surface area contributed by atoms with Crippen LogP contribution in [0.2, 0.25) is 0 Å². The van der Waals surface area contributed by atoms with E-state index in [1.807, 2.05) is 32.3 Å². The van der Waals surface area contributed by atoms with E-state index in [9.17, 15) is 0 Å². The SMILES string of the molecule is C=N/C(N)=C(C)\C(=C/C)Sc1c(C)nc(N2CCC3(CC2)Cc2ccccc2[C@H]3N)n2ccnc12. The van der Waals surface area contributed by atoms with Crippen molar-refractivity contribution in [2.75, 3.05) is 18.0 Å². The van der Waals surface area contributed by atoms with Crippen LogP contribution in [0.15, 0.2) is 68.9 Å². The first kappa shape index (κ1) is 23.6. The summed E-state index contributed by atoms with van der Waals surface area (Å²) in [6, 6.07) is 8.78. The Kier molecular flexibility index (Phi) is 6.19. The number of imidazole rings is 1. The molecule has 0 unspecified atom stereocenters. The van der Waals surface area contributed by atoms with Gasteiger partial charge in [0.15, 0.2) is 5.65 Å². The van der Waals surface area contributed by atoms with Crippen LogP contribution in [-0.4, -0.2) is 34.2 Å². The molecule has 5 rings (SSSR count). The lowest BCUT2D eigenvalue weighted by Crippen LogP contribution is -2.45. The van der Waals surface area contributed by atoms with Gasteiger partial charge in [0.25, 0.3) is 0 Å². The molecular formula is C27H33N7S. The van der Waals surface area contributed by atoms with Gasteiger partial charge in [-0.05, 0) is 63.3 Å². The predicted octanol–water partition coefficient (Wildman–Crippen LogP) is 4.77. The largest absolute Gasteiger partial charge is 0.383 e. The van der Waals surface area contributed by atoms with E-state index in [0.717, 1.165) is 65.0 Å². The number of fused-ring (bicyclic) bond motifs is 2. The lowest BCUT2D eigenvalue weighted by atomic mass is 9.73. The highest BCUT2D eigenvalue weighted by Crippen LogP contribution is 2.51. The normalized spacial score (nSPS) is 20.3. The number of nitrogens with zero attached hydrogens (tertiary/aromatic N) is 5. The zero-order valence-electron chi connectivity index (χ0n) is 20.7. The van der Waals surface area contributed by atoms with E-state index in [1.54, 1.807) is 11.8 Å². The lowest BCUT2D eigenvalue weighted by Gasteiger charge is -2.42. The first-order valence-electron chi connectivity index (χ1n) is 12.1. The molecule has 1 spiro atoms. The van der Waals surface area contributed by atoms with Crippen LogP contribution >= 0.6 is 11.8 Å². The Morgan fingerprint density at radius 1 is 1.29 bits per heavy atom. The van der Waals surface area contributed by atoms with Gasteiger partial charge in [0.05, 0.1) is 10.6 Å². The number of aryl methyl sites for hydroxylation is 1. The molecule has 0 radical (unpaired) electrons. The molecule has 4 N–H and O–H groups in total. The minimum Gasteiger partial charge on any atom is -0.383 e. The molecule has 1 atom stereocenters. The quantitative estimate of drug-likeness (QED) is 0.306. The fourth-order valence-electron chi connectivity index (χ4n) is 5.56. The van der Waals surface area contributed by atoms with Gasteiger partial charge in [-0.15, -0.1) is 0 Å². The van der Waals surface area contributed by atoms with Gasteiger partial charge in [0, 0.05) is 42.0 Å². The van der Waals surface area contributed by atoms with Crippen LogP contribution in [0.1, 0.15) is 49.6 Å². The molecule has 2 aliphatic rings. The van der Waals surface area contributed by atoms with Gasteiger partial charge in [0.1, 0.15) is 5.82 Å². The third-order valence-corrected chi connectivity index (χ3v) is 9.13. The number of allylic oxidation sites excluding steroid dienone is 2. The number of hydrogen-bond acceptors (Lipinski definition) is 7. The van der Waals surface area contributed by atoms with E-state index in [-0.39, 0.29) is 11.5 Å². The summed E-state index contributed by atoms with van der Waals surface area (Å²) in [6.45, 7) is 11.4. The van der Waals surface area contributed by atoms with E-state index in [1.165, 1.54) is 11.1 Å². The molecule has 2 aromatic heterocycles. The number of piperidine rings is 1. The summed E-state index contributed by atoms with van der Waals surface area (Å²) < 4.78 is 2.11. The van der Waals surface area contributed by atoms with Crippen molar-refractivity contribution in [3.63, 3.8) is 0 Å². The van der Waals surface area contributed by atoms with E-state index >= 15 is 0 Å². The molecule has 1 fully saturated rings. The Morgan fingerprint density at radius 2 is 2.03 bits per heavy atom. The molecule has 3 aromatic rings. The van der Waals surface area contributed by atoms with E-state index in [2.05, 4.69) is 52.2 Å². The molecule has 35 heavy (non-hydrogen) atoms. The minimum absolute atomic E-state index is 0.107. The van der Waals surface area contributed by atoms with E-state index in [4.69, 9.17) is 21.4 Å². The summed E-state index contributed by atoms with van der Waals surface area (Å²) >= 11 is 1.62. The molecule has 1 aromatic carbocycles. The maximum atomic E-state index is 6.79. The monoisotopic (exact) mass is 487 g/mol. The molecule has 0 saturated carbocycles. The molecule has 8 heteroatoms. The van der Waals surface area contributed by atoms with Crippen molar-refractivity contribution in [1.29, 1.82) is 0 Å². The fraction of sp³-hybridized carbons (Fsp3) is 0.370. The zero-order valence-corrected chi connectivity index (χ0v) is 21.5. The van der Waals surface area contributed by atoms with Gasteiger partial charge in [0.2, 0.25) is 5.95 Å². The first-order chi connectivity index (χ1) is 16.9. The highest BCUT2D eigenvalue weighted by atomic mass is 32.2. The van der Waals surface area contributed by atoms with Crippen molar-refractivity contribution in [1.82, 2.24) is 14.4 Å². The third kappa shape index (κ3) is 3.94. The number of benzene rings is 1. The summed E-state index contributed by atoms with van der Waals surface area (Å²) in [7, 11) is 0. The summed E-state index contributed by atoms with van der Waals surface area (Å²) in [5, 5.41) is 0. The van der Waals surface area contributed by atoms with Crippen LogP contribution in [-0.2, 0) is 6.42 Å². The first-order valence-corrected chi connectivity index (χ1v) is 12.9. The summed E-state index contributed by atoms with van der Waals surface area (Å²) in [5.41, 5.74) is 18.5. The van der Waals surface area contributed by atoms with Gasteiger partial charge in [-0.25, -0.2) is 15.0 Å². The average Bonchev–Trinajstić information content (AvgIpc) is 3.47.